The van der Waals surface area contributed by atoms with E-state index in [1.54, 1.807) is 18.3 Å². The topological polar surface area (TPSA) is 76.9 Å². The standard InChI is InChI=1S/C25H33ClN4O4/c1-20-6-10-27-30(20)11-7-23(31)28-12-8-25(9-13-28,18-24(32)29-14-16-33-17-15-29)19-34-22-4-2-21(26)3-5-22/h2-6,10H,7-9,11-19H2,1H3. The van der Waals surface area contributed by atoms with Crippen LogP contribution in [0, 0.1) is 12.3 Å². The van der Waals surface area contributed by atoms with Gasteiger partial charge in [-0.2, -0.15) is 5.10 Å². The van der Waals surface area contributed by atoms with Crippen LogP contribution in [0.4, 0.5) is 0 Å². The first kappa shape index (κ1) is 24.5. The zero-order chi connectivity index (χ0) is 24.0. The Bertz CT molecular complexity index is 964. The van der Waals surface area contributed by atoms with Crippen molar-refractivity contribution in [3.8, 4) is 5.75 Å². The maximum absolute atomic E-state index is 13.1. The first-order valence-electron chi connectivity index (χ1n) is 11.9. The molecule has 4 rings (SSSR count). The van der Waals surface area contributed by atoms with Crippen LogP contribution in [0.15, 0.2) is 36.5 Å². The van der Waals surface area contributed by atoms with Crippen LogP contribution in [0.25, 0.3) is 0 Å². The van der Waals surface area contributed by atoms with Crippen LogP contribution in [-0.4, -0.2) is 77.4 Å². The summed E-state index contributed by atoms with van der Waals surface area (Å²) in [4.78, 5) is 29.8. The number of nitrogens with zero attached hydrogens (tertiary/aromatic N) is 4. The van der Waals surface area contributed by atoms with Gasteiger partial charge in [0.1, 0.15) is 5.75 Å². The van der Waals surface area contributed by atoms with Crippen molar-refractivity contribution in [1.82, 2.24) is 19.6 Å². The smallest absolute Gasteiger partial charge is 0.224 e. The van der Waals surface area contributed by atoms with E-state index >= 15 is 0 Å². The number of carbonyl (C=O) groups excluding carboxylic acids is 2. The second-order valence-electron chi connectivity index (χ2n) is 9.24. The molecular formula is C25H33ClN4O4. The number of carbonyl (C=O) groups is 2. The predicted molar refractivity (Wildman–Crippen MR) is 129 cm³/mol. The molecule has 1 aromatic heterocycles. The lowest BCUT2D eigenvalue weighted by Crippen LogP contribution is -2.49. The molecule has 2 fully saturated rings. The molecule has 2 amide bonds. The maximum Gasteiger partial charge on any atom is 0.224 e. The van der Waals surface area contributed by atoms with Crippen molar-refractivity contribution in [2.45, 2.75) is 39.2 Å². The lowest BCUT2D eigenvalue weighted by molar-refractivity contribution is -0.141. The largest absolute Gasteiger partial charge is 0.493 e. The van der Waals surface area contributed by atoms with Crippen molar-refractivity contribution in [3.05, 3.63) is 47.2 Å². The summed E-state index contributed by atoms with van der Waals surface area (Å²) < 4.78 is 13.4. The Morgan fingerprint density at radius 3 is 2.35 bits per heavy atom. The Balaban J connectivity index is 1.37. The van der Waals surface area contributed by atoms with Gasteiger partial charge in [-0.25, -0.2) is 0 Å². The van der Waals surface area contributed by atoms with Gasteiger partial charge in [0.05, 0.1) is 19.8 Å². The Morgan fingerprint density at radius 2 is 1.71 bits per heavy atom. The summed E-state index contributed by atoms with van der Waals surface area (Å²) in [6, 6.07) is 9.22. The fourth-order valence-electron chi connectivity index (χ4n) is 4.61. The van der Waals surface area contributed by atoms with Gasteiger partial charge in [-0.05, 0) is 50.1 Å². The molecule has 2 aliphatic heterocycles. The van der Waals surface area contributed by atoms with E-state index in [1.807, 2.05) is 39.6 Å². The highest BCUT2D eigenvalue weighted by atomic mass is 35.5. The van der Waals surface area contributed by atoms with Crippen molar-refractivity contribution < 1.29 is 19.1 Å². The van der Waals surface area contributed by atoms with Gasteiger partial charge in [-0.15, -0.1) is 0 Å². The Hall–Kier alpha value is -2.58. The third kappa shape index (κ3) is 6.30. The molecule has 1 aromatic carbocycles. The molecule has 184 valence electrons. The molecular weight excluding hydrogens is 456 g/mol. The van der Waals surface area contributed by atoms with Crippen molar-refractivity contribution in [2.75, 3.05) is 46.0 Å². The number of aromatic nitrogens is 2. The van der Waals surface area contributed by atoms with Crippen LogP contribution in [0.1, 0.15) is 31.4 Å². The molecule has 0 saturated carbocycles. The fourth-order valence-corrected chi connectivity index (χ4v) is 4.73. The van der Waals surface area contributed by atoms with Crippen molar-refractivity contribution >= 4 is 23.4 Å². The number of piperidine rings is 1. The summed E-state index contributed by atoms with van der Waals surface area (Å²) in [6.07, 6.45) is 4.03. The van der Waals surface area contributed by atoms with E-state index < -0.39 is 0 Å². The van der Waals surface area contributed by atoms with Gasteiger partial charge in [0.25, 0.3) is 0 Å². The number of rotatable bonds is 8. The van der Waals surface area contributed by atoms with Crippen LogP contribution in [0.5, 0.6) is 5.75 Å². The molecule has 0 unspecified atom stereocenters. The second kappa shape index (κ2) is 11.2. The zero-order valence-electron chi connectivity index (χ0n) is 19.7. The van der Waals surface area contributed by atoms with Gasteiger partial charge >= 0.3 is 0 Å². The van der Waals surface area contributed by atoms with Crippen molar-refractivity contribution in [2.24, 2.45) is 5.41 Å². The van der Waals surface area contributed by atoms with Gasteiger partial charge < -0.3 is 19.3 Å². The second-order valence-corrected chi connectivity index (χ2v) is 9.68. The lowest BCUT2D eigenvalue weighted by Gasteiger charge is -2.42. The van der Waals surface area contributed by atoms with Gasteiger partial charge in [0.2, 0.25) is 11.8 Å². The van der Waals surface area contributed by atoms with Crippen LogP contribution in [0.2, 0.25) is 5.02 Å². The number of benzene rings is 1. The van der Waals surface area contributed by atoms with Crippen LogP contribution < -0.4 is 4.74 Å². The molecule has 2 aromatic rings. The molecule has 8 nitrogen and oxygen atoms in total. The molecule has 3 heterocycles. The maximum atomic E-state index is 13.1. The third-order valence-corrected chi connectivity index (χ3v) is 7.14. The van der Waals surface area contributed by atoms with Crippen LogP contribution in [-0.2, 0) is 20.9 Å². The molecule has 34 heavy (non-hydrogen) atoms. The number of ether oxygens (including phenoxy) is 2. The van der Waals surface area contributed by atoms with Gasteiger partial charge in [0, 0.05) is 67.9 Å². The molecule has 0 aliphatic carbocycles. The van der Waals surface area contributed by atoms with Gasteiger partial charge in [0.15, 0.2) is 0 Å². The normalized spacial score (nSPS) is 18.1. The Kier molecular flexibility index (Phi) is 8.11. The molecule has 2 saturated heterocycles. The van der Waals surface area contributed by atoms with E-state index in [4.69, 9.17) is 21.1 Å². The number of halogens is 1. The summed E-state index contributed by atoms with van der Waals surface area (Å²) in [6.45, 7) is 6.66. The van der Waals surface area contributed by atoms with E-state index in [1.165, 1.54) is 0 Å². The predicted octanol–water partition coefficient (Wildman–Crippen LogP) is 3.17. The average Bonchev–Trinajstić information content (AvgIpc) is 3.28. The Morgan fingerprint density at radius 1 is 1.03 bits per heavy atom. The molecule has 0 bridgehead atoms. The minimum atomic E-state index is -0.315. The van der Waals surface area contributed by atoms with Gasteiger partial charge in [-0.3, -0.25) is 14.3 Å². The van der Waals surface area contributed by atoms with Crippen LogP contribution in [0.3, 0.4) is 0 Å². The molecule has 0 radical (unpaired) electrons. The SMILES string of the molecule is Cc1ccnn1CCC(=O)N1CCC(COc2ccc(Cl)cc2)(CC(=O)N2CCOCC2)CC1. The Labute approximate surface area is 205 Å². The van der Waals surface area contributed by atoms with Crippen LogP contribution >= 0.6 is 11.6 Å². The minimum Gasteiger partial charge on any atom is -0.493 e. The number of likely N-dealkylation sites (tertiary alicyclic amines) is 1. The summed E-state index contributed by atoms with van der Waals surface area (Å²) in [7, 11) is 0. The first-order chi connectivity index (χ1) is 16.4. The van der Waals surface area contributed by atoms with E-state index in [0.717, 1.165) is 24.3 Å². The summed E-state index contributed by atoms with van der Waals surface area (Å²) >= 11 is 6.00. The van der Waals surface area contributed by atoms with Crippen molar-refractivity contribution in [1.29, 1.82) is 0 Å². The van der Waals surface area contributed by atoms with E-state index in [2.05, 4.69) is 5.10 Å². The number of hydrogen-bond acceptors (Lipinski definition) is 5. The number of morpholine rings is 1. The highest BCUT2D eigenvalue weighted by Gasteiger charge is 2.39. The summed E-state index contributed by atoms with van der Waals surface area (Å²) in [5.74, 6) is 0.995. The van der Waals surface area contributed by atoms with E-state index in [0.29, 0.717) is 70.4 Å². The number of hydrogen-bond donors (Lipinski definition) is 0. The molecule has 0 N–H and O–H groups in total. The van der Waals surface area contributed by atoms with Gasteiger partial charge in [-0.1, -0.05) is 11.6 Å². The fraction of sp³-hybridized carbons (Fsp3) is 0.560. The number of amides is 2. The highest BCUT2D eigenvalue weighted by Crippen LogP contribution is 2.37. The third-order valence-electron chi connectivity index (χ3n) is 6.89. The molecule has 0 spiro atoms. The molecule has 0 atom stereocenters. The summed E-state index contributed by atoms with van der Waals surface area (Å²) in [5, 5.41) is 4.92. The summed E-state index contributed by atoms with van der Waals surface area (Å²) in [5.41, 5.74) is 0.733. The molecule has 9 heteroatoms. The van der Waals surface area contributed by atoms with Crippen molar-refractivity contribution in [3.63, 3.8) is 0 Å². The highest BCUT2D eigenvalue weighted by molar-refractivity contribution is 6.30. The zero-order valence-corrected chi connectivity index (χ0v) is 20.5. The van der Waals surface area contributed by atoms with E-state index in [-0.39, 0.29) is 17.2 Å². The monoisotopic (exact) mass is 488 g/mol. The minimum absolute atomic E-state index is 0.127. The lowest BCUT2D eigenvalue weighted by atomic mass is 9.75. The quantitative estimate of drug-likeness (QED) is 0.570. The average molecular weight is 489 g/mol. The molecule has 2 aliphatic rings. The van der Waals surface area contributed by atoms with E-state index in [9.17, 15) is 9.59 Å². The number of aryl methyl sites for hydroxylation is 2. The first-order valence-corrected chi connectivity index (χ1v) is 12.3.